The molecule has 1 atom stereocenters. The van der Waals surface area contributed by atoms with Crippen LogP contribution in [-0.4, -0.2) is 59.5 Å². The van der Waals surface area contributed by atoms with Crippen LogP contribution < -0.4 is 4.74 Å². The number of tetrazole rings is 1. The van der Waals surface area contributed by atoms with Crippen molar-refractivity contribution >= 4 is 30.5 Å². The second kappa shape index (κ2) is 8.87. The van der Waals surface area contributed by atoms with Crippen LogP contribution in [0.3, 0.4) is 0 Å². The van der Waals surface area contributed by atoms with Gasteiger partial charge in [0.15, 0.2) is 0 Å². The third kappa shape index (κ3) is 4.73. The maximum Gasteiger partial charge on any atom is 0.415 e. The minimum Gasteiger partial charge on any atom is -0.410 e. The number of aromatic nitrogens is 6. The van der Waals surface area contributed by atoms with Gasteiger partial charge in [0.25, 0.3) is 0 Å². The minimum absolute atomic E-state index is 0.157. The average molecular weight is 432 g/mol. The number of amides is 1. The standard InChI is InChI=1S/C18H21N7O2S2/c1-24-17(21-22-23-24)29-14-6-10-25(11-7-14)18(26)27-13-4-2-12(3-5-13)15(28)16-19-8-9-20-16/h2-5,8-9,14-15,28H,6-7,10-11H2,1H3,(H,19,20). The Labute approximate surface area is 177 Å². The Balaban J connectivity index is 1.28. The van der Waals surface area contributed by atoms with Crippen molar-refractivity contribution in [3.63, 3.8) is 0 Å². The van der Waals surface area contributed by atoms with Crippen LogP contribution in [0.4, 0.5) is 4.79 Å². The number of nitrogens with one attached hydrogen (secondary N) is 1. The van der Waals surface area contributed by atoms with Crippen molar-refractivity contribution in [1.82, 2.24) is 35.1 Å². The molecule has 1 unspecified atom stereocenters. The number of rotatable bonds is 5. The summed E-state index contributed by atoms with van der Waals surface area (Å²) in [5, 5.41) is 12.5. The Morgan fingerprint density at radius 3 is 2.69 bits per heavy atom. The van der Waals surface area contributed by atoms with Crippen LogP contribution in [-0.2, 0) is 7.05 Å². The van der Waals surface area contributed by atoms with Gasteiger partial charge < -0.3 is 14.6 Å². The zero-order valence-electron chi connectivity index (χ0n) is 15.8. The average Bonchev–Trinajstić information content (AvgIpc) is 3.41. The number of likely N-dealkylation sites (tertiary alicyclic amines) is 1. The second-order valence-electron chi connectivity index (χ2n) is 6.70. The molecule has 3 heterocycles. The Kier molecular flexibility index (Phi) is 6.05. The molecule has 1 amide bonds. The van der Waals surface area contributed by atoms with Crippen LogP contribution >= 0.6 is 24.4 Å². The van der Waals surface area contributed by atoms with E-state index in [2.05, 4.69) is 38.1 Å². The van der Waals surface area contributed by atoms with Gasteiger partial charge in [-0.1, -0.05) is 23.9 Å². The molecule has 152 valence electrons. The van der Waals surface area contributed by atoms with Crippen LogP contribution in [0.1, 0.15) is 29.5 Å². The molecule has 1 saturated heterocycles. The highest BCUT2D eigenvalue weighted by Gasteiger charge is 2.26. The highest BCUT2D eigenvalue weighted by molar-refractivity contribution is 7.99. The molecule has 0 saturated carbocycles. The molecule has 9 nitrogen and oxygen atoms in total. The van der Waals surface area contributed by atoms with Crippen molar-refractivity contribution in [2.45, 2.75) is 28.5 Å². The SMILES string of the molecule is Cn1nnnc1SC1CCN(C(=O)Oc2ccc(C(S)c3ncc[nH]3)cc2)CC1. The largest absolute Gasteiger partial charge is 0.415 e. The molecule has 1 aliphatic rings. The molecular formula is C18H21N7O2S2. The molecule has 0 spiro atoms. The summed E-state index contributed by atoms with van der Waals surface area (Å²) < 4.78 is 7.20. The zero-order valence-corrected chi connectivity index (χ0v) is 17.5. The van der Waals surface area contributed by atoms with E-state index < -0.39 is 0 Å². The molecule has 1 aliphatic heterocycles. The van der Waals surface area contributed by atoms with Crippen LogP contribution in [0.25, 0.3) is 0 Å². The molecule has 1 fully saturated rings. The van der Waals surface area contributed by atoms with E-state index in [0.29, 0.717) is 24.1 Å². The normalized spacial score (nSPS) is 16.0. The first-order chi connectivity index (χ1) is 14.1. The predicted molar refractivity (Wildman–Crippen MR) is 111 cm³/mol. The lowest BCUT2D eigenvalue weighted by atomic mass is 10.1. The van der Waals surface area contributed by atoms with Gasteiger partial charge in [-0.25, -0.2) is 14.5 Å². The molecule has 0 radical (unpaired) electrons. The van der Waals surface area contributed by atoms with Gasteiger partial charge in [-0.2, -0.15) is 12.6 Å². The molecule has 1 N–H and O–H groups in total. The van der Waals surface area contributed by atoms with Gasteiger partial charge in [-0.15, -0.1) is 5.10 Å². The number of carbonyl (C=O) groups excluding carboxylic acids is 1. The summed E-state index contributed by atoms with van der Waals surface area (Å²) in [6.07, 6.45) is 4.88. The molecule has 11 heteroatoms. The Hall–Kier alpha value is -2.53. The van der Waals surface area contributed by atoms with Crippen molar-refractivity contribution in [2.24, 2.45) is 7.05 Å². The first-order valence-electron chi connectivity index (χ1n) is 9.23. The van der Waals surface area contributed by atoms with Crippen LogP contribution in [0, 0.1) is 0 Å². The number of aromatic amines is 1. The number of imidazole rings is 1. The van der Waals surface area contributed by atoms with Gasteiger partial charge in [0.05, 0.1) is 5.25 Å². The molecular weight excluding hydrogens is 410 g/mol. The summed E-state index contributed by atoms with van der Waals surface area (Å²) >= 11 is 6.23. The summed E-state index contributed by atoms with van der Waals surface area (Å²) in [7, 11) is 1.82. The minimum atomic E-state index is -0.324. The molecule has 0 aliphatic carbocycles. The van der Waals surface area contributed by atoms with E-state index in [1.54, 1.807) is 45.9 Å². The van der Waals surface area contributed by atoms with Crippen molar-refractivity contribution in [2.75, 3.05) is 13.1 Å². The van der Waals surface area contributed by atoms with E-state index in [1.807, 2.05) is 19.2 Å². The summed E-state index contributed by atoms with van der Waals surface area (Å²) in [4.78, 5) is 21.5. The summed E-state index contributed by atoms with van der Waals surface area (Å²) in [5.41, 5.74) is 0.971. The number of hydrogen-bond donors (Lipinski definition) is 2. The van der Waals surface area contributed by atoms with Crippen molar-refractivity contribution in [3.8, 4) is 5.75 Å². The quantitative estimate of drug-likeness (QED) is 0.599. The number of nitrogens with zero attached hydrogens (tertiary/aromatic N) is 6. The van der Waals surface area contributed by atoms with Gasteiger partial charge in [0.1, 0.15) is 11.6 Å². The van der Waals surface area contributed by atoms with Gasteiger partial charge in [0, 0.05) is 37.8 Å². The Morgan fingerprint density at radius 1 is 1.31 bits per heavy atom. The number of carbonyl (C=O) groups is 1. The summed E-state index contributed by atoms with van der Waals surface area (Å²) in [5.74, 6) is 1.29. The van der Waals surface area contributed by atoms with Crippen LogP contribution in [0.15, 0.2) is 41.8 Å². The number of benzene rings is 1. The number of hydrogen-bond acceptors (Lipinski definition) is 8. The maximum absolute atomic E-state index is 12.5. The first-order valence-corrected chi connectivity index (χ1v) is 10.6. The van der Waals surface area contributed by atoms with Gasteiger partial charge in [-0.3, -0.25) is 0 Å². The van der Waals surface area contributed by atoms with E-state index in [-0.39, 0.29) is 11.3 Å². The van der Waals surface area contributed by atoms with E-state index in [0.717, 1.165) is 29.4 Å². The summed E-state index contributed by atoms with van der Waals surface area (Å²) in [6.45, 7) is 1.30. The van der Waals surface area contributed by atoms with E-state index >= 15 is 0 Å². The Bertz CT molecular complexity index is 938. The lowest BCUT2D eigenvalue weighted by molar-refractivity contribution is 0.143. The van der Waals surface area contributed by atoms with Crippen molar-refractivity contribution in [1.29, 1.82) is 0 Å². The van der Waals surface area contributed by atoms with Gasteiger partial charge in [-0.05, 0) is 41.0 Å². The molecule has 0 bridgehead atoms. The number of thiol groups is 1. The Morgan fingerprint density at radius 2 is 2.07 bits per heavy atom. The van der Waals surface area contributed by atoms with E-state index in [9.17, 15) is 4.79 Å². The zero-order chi connectivity index (χ0) is 20.2. The topological polar surface area (TPSA) is 102 Å². The van der Waals surface area contributed by atoms with Gasteiger partial charge >= 0.3 is 6.09 Å². The third-order valence-corrected chi connectivity index (χ3v) is 6.64. The van der Waals surface area contributed by atoms with E-state index in [1.165, 1.54) is 0 Å². The predicted octanol–water partition coefficient (Wildman–Crippen LogP) is 2.71. The molecule has 29 heavy (non-hydrogen) atoms. The van der Waals surface area contributed by atoms with Crippen molar-refractivity contribution < 1.29 is 9.53 Å². The fourth-order valence-corrected chi connectivity index (χ4v) is 4.43. The molecule has 3 aromatic rings. The highest BCUT2D eigenvalue weighted by Crippen LogP contribution is 2.29. The maximum atomic E-state index is 12.5. The number of aryl methyl sites for hydroxylation is 1. The van der Waals surface area contributed by atoms with Crippen molar-refractivity contribution in [3.05, 3.63) is 48.0 Å². The lowest BCUT2D eigenvalue weighted by Crippen LogP contribution is -2.41. The summed E-state index contributed by atoms with van der Waals surface area (Å²) in [6, 6.07) is 7.34. The van der Waals surface area contributed by atoms with Crippen LogP contribution in [0.2, 0.25) is 0 Å². The van der Waals surface area contributed by atoms with E-state index in [4.69, 9.17) is 4.74 Å². The first kappa shape index (κ1) is 19.8. The van der Waals surface area contributed by atoms with Crippen LogP contribution in [0.5, 0.6) is 5.75 Å². The fourth-order valence-electron chi connectivity index (χ4n) is 3.09. The second-order valence-corrected chi connectivity index (χ2v) is 8.49. The van der Waals surface area contributed by atoms with Gasteiger partial charge in [0.2, 0.25) is 5.16 Å². The lowest BCUT2D eigenvalue weighted by Gasteiger charge is -2.30. The fraction of sp³-hybridized carbons (Fsp3) is 0.389. The number of H-pyrrole nitrogens is 1. The highest BCUT2D eigenvalue weighted by atomic mass is 32.2. The molecule has 1 aromatic carbocycles. The number of piperidine rings is 1. The smallest absolute Gasteiger partial charge is 0.410 e. The number of thioether (sulfide) groups is 1. The molecule has 2 aromatic heterocycles. The monoisotopic (exact) mass is 431 g/mol. The molecule has 4 rings (SSSR count). The number of ether oxygens (including phenoxy) is 1. The third-order valence-electron chi connectivity index (χ3n) is 4.73.